The summed E-state index contributed by atoms with van der Waals surface area (Å²) in [6.07, 6.45) is 15.5. The molecule has 0 aromatic rings. The van der Waals surface area contributed by atoms with Crippen LogP contribution in [0.4, 0.5) is 0 Å². The van der Waals surface area contributed by atoms with Crippen LogP contribution in [-0.4, -0.2) is 80.2 Å². The number of carbonyl (C=O) groups is 2. The van der Waals surface area contributed by atoms with Crippen molar-refractivity contribution < 1.29 is 44.6 Å². The summed E-state index contributed by atoms with van der Waals surface area (Å²) in [5.41, 5.74) is 4.84. The van der Waals surface area contributed by atoms with E-state index in [9.17, 15) is 35.1 Å². The third-order valence-electron chi connectivity index (χ3n) is 9.48. The molecular weight excluding hydrogens is 672 g/mol. The second kappa shape index (κ2) is 25.1. The van der Waals surface area contributed by atoms with Crippen molar-refractivity contribution in [2.75, 3.05) is 0 Å². The molecule has 300 valence electrons. The average Bonchev–Trinajstić information content (AvgIpc) is 3.03. The molecule has 10 atom stereocenters. The zero-order chi connectivity index (χ0) is 40.2. The van der Waals surface area contributed by atoms with Crippen LogP contribution in [0.15, 0.2) is 82.5 Å². The molecule has 1 aliphatic rings. The van der Waals surface area contributed by atoms with Gasteiger partial charge < -0.3 is 35.0 Å². The minimum atomic E-state index is -1.07. The van der Waals surface area contributed by atoms with Gasteiger partial charge in [-0.1, -0.05) is 97.2 Å². The first-order valence-corrected chi connectivity index (χ1v) is 19.3. The molecule has 5 N–H and O–H groups in total. The van der Waals surface area contributed by atoms with Crippen LogP contribution in [0.2, 0.25) is 0 Å². The van der Waals surface area contributed by atoms with Crippen LogP contribution in [0.5, 0.6) is 0 Å². The standard InChI is InChI=1S/C44H70O9/c1-28(13-11-14-29(2)25-39(48)40(49)27-37(10)46)21-30(3)18-20-44(51)52-41-15-12-16-43(50)53-42(19-17-31(4)22-34(41)7)35(8)24-32(5)23-33(6)38(47)26-36(9)45/h11,13-14,17-18,20-21,23,25,33-42,45-49H,12,15-16,19,22,24,26-27H2,1-10H3/b14-11+,20-18+,28-13+,29-25+,30-21+,31-17+,32-23+. The molecule has 0 aliphatic carbocycles. The Labute approximate surface area is 319 Å². The van der Waals surface area contributed by atoms with Gasteiger partial charge in [0.15, 0.2) is 0 Å². The van der Waals surface area contributed by atoms with Crippen molar-refractivity contribution in [3.63, 3.8) is 0 Å². The van der Waals surface area contributed by atoms with Gasteiger partial charge in [0.25, 0.3) is 0 Å². The summed E-state index contributed by atoms with van der Waals surface area (Å²) in [5, 5.41) is 49.4. The fourth-order valence-electron chi connectivity index (χ4n) is 6.52. The molecule has 1 rings (SSSR count). The smallest absolute Gasteiger partial charge is 0.331 e. The molecule has 0 spiro atoms. The lowest BCUT2D eigenvalue weighted by Crippen LogP contribution is -2.28. The third kappa shape index (κ3) is 21.4. The number of esters is 2. The topological polar surface area (TPSA) is 154 Å². The fourth-order valence-corrected chi connectivity index (χ4v) is 6.52. The number of ether oxygens (including phenoxy) is 2. The predicted molar refractivity (Wildman–Crippen MR) is 213 cm³/mol. The molecule has 1 heterocycles. The number of allylic oxidation sites excluding steroid dienone is 10. The van der Waals surface area contributed by atoms with Gasteiger partial charge >= 0.3 is 11.9 Å². The van der Waals surface area contributed by atoms with Crippen LogP contribution in [0.3, 0.4) is 0 Å². The number of aliphatic hydroxyl groups excluding tert-OH is 5. The van der Waals surface area contributed by atoms with Gasteiger partial charge in [0.05, 0.1) is 30.5 Å². The van der Waals surface area contributed by atoms with E-state index in [-0.39, 0.29) is 48.8 Å². The fraction of sp³-hybridized carbons (Fsp3) is 0.636. The van der Waals surface area contributed by atoms with Gasteiger partial charge in [-0.15, -0.1) is 0 Å². The number of hydrogen-bond donors (Lipinski definition) is 5. The summed E-state index contributed by atoms with van der Waals surface area (Å²) in [5.74, 6) is -0.659. The van der Waals surface area contributed by atoms with Gasteiger partial charge in [-0.05, 0) is 92.4 Å². The number of hydrogen-bond acceptors (Lipinski definition) is 9. The van der Waals surface area contributed by atoms with Crippen LogP contribution in [0.25, 0.3) is 0 Å². The number of carbonyl (C=O) groups excluding carboxylic acids is 2. The first kappa shape index (κ1) is 47.9. The Kier molecular flexibility index (Phi) is 22.7. The van der Waals surface area contributed by atoms with Crippen LogP contribution in [0.1, 0.15) is 121 Å². The first-order valence-electron chi connectivity index (χ1n) is 19.3. The molecule has 0 amide bonds. The summed E-state index contributed by atoms with van der Waals surface area (Å²) in [6.45, 7) is 19.1. The molecule has 0 aromatic carbocycles. The SMILES string of the molecule is CC(=C\C=C\C(C)=C\C(O)C(O)CC(C)O)/C=C(C)/C=C/C(=O)OC1CCCC(=O)OC(C(C)C/C(C)=C/C(C)C(O)CC(C)O)C/C=C(\C)CC1C. The molecule has 1 aliphatic heterocycles. The van der Waals surface area contributed by atoms with E-state index in [1.165, 1.54) is 6.08 Å². The molecule has 0 saturated heterocycles. The van der Waals surface area contributed by atoms with Gasteiger partial charge in [-0.25, -0.2) is 4.79 Å². The average molecular weight is 743 g/mol. The monoisotopic (exact) mass is 743 g/mol. The Morgan fingerprint density at radius 1 is 0.906 bits per heavy atom. The zero-order valence-electron chi connectivity index (χ0n) is 34.0. The van der Waals surface area contributed by atoms with Crippen LogP contribution < -0.4 is 0 Å². The Morgan fingerprint density at radius 2 is 1.55 bits per heavy atom. The lowest BCUT2D eigenvalue weighted by Gasteiger charge is -2.27. The van der Waals surface area contributed by atoms with Crippen molar-refractivity contribution in [2.24, 2.45) is 17.8 Å². The molecule has 53 heavy (non-hydrogen) atoms. The van der Waals surface area contributed by atoms with Gasteiger partial charge in [0, 0.05) is 31.3 Å². The van der Waals surface area contributed by atoms with E-state index in [2.05, 4.69) is 26.8 Å². The Hall–Kier alpha value is -3.08. The van der Waals surface area contributed by atoms with Crippen molar-refractivity contribution in [1.29, 1.82) is 0 Å². The molecule has 9 nitrogen and oxygen atoms in total. The van der Waals surface area contributed by atoms with E-state index < -0.39 is 36.5 Å². The van der Waals surface area contributed by atoms with E-state index in [0.717, 1.165) is 40.7 Å². The molecule has 0 aromatic heterocycles. The lowest BCUT2D eigenvalue weighted by molar-refractivity contribution is -0.152. The van der Waals surface area contributed by atoms with Crippen molar-refractivity contribution in [1.82, 2.24) is 0 Å². The molecule has 0 fully saturated rings. The summed E-state index contributed by atoms with van der Waals surface area (Å²) >= 11 is 0. The molecule has 9 heteroatoms. The molecule has 0 radical (unpaired) electrons. The highest BCUT2D eigenvalue weighted by molar-refractivity contribution is 5.82. The quantitative estimate of drug-likeness (QED) is 0.0440. The lowest BCUT2D eigenvalue weighted by atomic mass is 9.89. The highest BCUT2D eigenvalue weighted by Crippen LogP contribution is 2.27. The van der Waals surface area contributed by atoms with Crippen LogP contribution >= 0.6 is 0 Å². The van der Waals surface area contributed by atoms with Crippen LogP contribution in [-0.2, 0) is 19.1 Å². The normalized spacial score (nSPS) is 25.7. The number of aliphatic hydroxyl groups is 5. The second-order valence-corrected chi connectivity index (χ2v) is 15.6. The summed E-state index contributed by atoms with van der Waals surface area (Å²) in [6, 6.07) is 0. The van der Waals surface area contributed by atoms with E-state index in [1.54, 1.807) is 26.0 Å². The van der Waals surface area contributed by atoms with E-state index >= 15 is 0 Å². The molecule has 10 unspecified atom stereocenters. The van der Waals surface area contributed by atoms with Crippen molar-refractivity contribution in [2.45, 2.75) is 163 Å². The minimum absolute atomic E-state index is 0.0587. The Balaban J connectivity index is 2.86. The Morgan fingerprint density at radius 3 is 2.19 bits per heavy atom. The first-order chi connectivity index (χ1) is 24.8. The maximum Gasteiger partial charge on any atom is 0.331 e. The zero-order valence-corrected chi connectivity index (χ0v) is 34.0. The van der Waals surface area contributed by atoms with Gasteiger partial charge in [0.2, 0.25) is 0 Å². The van der Waals surface area contributed by atoms with Crippen LogP contribution in [0, 0.1) is 17.8 Å². The maximum atomic E-state index is 12.9. The van der Waals surface area contributed by atoms with Crippen molar-refractivity contribution in [3.8, 4) is 0 Å². The van der Waals surface area contributed by atoms with Gasteiger partial charge in [-0.2, -0.15) is 0 Å². The minimum Gasteiger partial charge on any atom is -0.462 e. The maximum absolute atomic E-state index is 12.9. The summed E-state index contributed by atoms with van der Waals surface area (Å²) in [4.78, 5) is 25.9. The molecule has 0 bridgehead atoms. The van der Waals surface area contributed by atoms with Crippen molar-refractivity contribution in [3.05, 3.63) is 82.5 Å². The number of cyclic esters (lactones) is 1. The van der Waals surface area contributed by atoms with Gasteiger partial charge in [0.1, 0.15) is 12.2 Å². The van der Waals surface area contributed by atoms with Crippen molar-refractivity contribution >= 4 is 11.9 Å². The largest absolute Gasteiger partial charge is 0.462 e. The third-order valence-corrected chi connectivity index (χ3v) is 9.48. The summed E-state index contributed by atoms with van der Waals surface area (Å²) in [7, 11) is 0. The van der Waals surface area contributed by atoms with E-state index in [1.807, 2.05) is 65.0 Å². The highest BCUT2D eigenvalue weighted by atomic mass is 16.5. The van der Waals surface area contributed by atoms with Gasteiger partial charge in [-0.3, -0.25) is 4.79 Å². The predicted octanol–water partition coefficient (Wildman–Crippen LogP) is 7.54. The highest BCUT2D eigenvalue weighted by Gasteiger charge is 2.26. The second-order valence-electron chi connectivity index (χ2n) is 15.6. The number of rotatable bonds is 17. The van der Waals surface area contributed by atoms with E-state index in [4.69, 9.17) is 9.47 Å². The summed E-state index contributed by atoms with van der Waals surface area (Å²) < 4.78 is 11.9. The molecular formula is C44H70O9. The Bertz CT molecular complexity index is 1350. The molecule has 0 saturated carbocycles. The van der Waals surface area contributed by atoms with E-state index in [0.29, 0.717) is 25.7 Å².